The number of aryl methyl sites for hydroxylation is 2. The number of thiophene rings is 1. The fourth-order valence-electron chi connectivity index (χ4n) is 4.91. The van der Waals surface area contributed by atoms with Crippen molar-refractivity contribution >= 4 is 40.4 Å². The number of carbonyl (C=O) groups is 2. The van der Waals surface area contributed by atoms with Gasteiger partial charge in [0.15, 0.2) is 5.82 Å². The van der Waals surface area contributed by atoms with Gasteiger partial charge < -0.3 is 18.9 Å². The minimum atomic E-state index is -0.492. The summed E-state index contributed by atoms with van der Waals surface area (Å²) in [5.74, 6) is 1.25. The minimum Gasteiger partial charge on any atom is -0.460 e. The number of rotatable bonds is 16. The molecule has 0 bridgehead atoms. The van der Waals surface area contributed by atoms with Gasteiger partial charge in [-0.25, -0.2) is 0 Å². The number of esters is 1. The minimum absolute atomic E-state index is 0.0907. The van der Waals surface area contributed by atoms with Crippen LogP contribution in [0.2, 0.25) is 5.02 Å². The van der Waals surface area contributed by atoms with Crippen molar-refractivity contribution in [3.63, 3.8) is 0 Å². The fourth-order valence-corrected chi connectivity index (χ4v) is 6.25. The van der Waals surface area contributed by atoms with Gasteiger partial charge in [-0.05, 0) is 65.7 Å². The van der Waals surface area contributed by atoms with E-state index in [1.165, 1.54) is 4.88 Å². The van der Waals surface area contributed by atoms with E-state index in [2.05, 4.69) is 28.6 Å². The maximum atomic E-state index is 13.2. The third-order valence-electron chi connectivity index (χ3n) is 7.14. The number of ketones is 1. The van der Waals surface area contributed by atoms with Crippen LogP contribution in [0.15, 0.2) is 29.3 Å². The van der Waals surface area contributed by atoms with Crippen molar-refractivity contribution in [1.82, 2.24) is 14.8 Å². The Labute approximate surface area is 274 Å². The molecule has 45 heavy (non-hydrogen) atoms. The van der Waals surface area contributed by atoms with E-state index in [4.69, 9.17) is 35.5 Å². The molecular formula is C33H43ClN4O6S. The summed E-state index contributed by atoms with van der Waals surface area (Å²) >= 11 is 7.88. The van der Waals surface area contributed by atoms with Gasteiger partial charge >= 0.3 is 5.97 Å². The molecule has 0 N–H and O–H groups in total. The van der Waals surface area contributed by atoms with Crippen LogP contribution in [0.3, 0.4) is 0 Å². The summed E-state index contributed by atoms with van der Waals surface area (Å²) in [6.07, 6.45) is 1.41. The number of hydrogen-bond donors (Lipinski definition) is 0. The maximum absolute atomic E-state index is 13.2. The van der Waals surface area contributed by atoms with E-state index in [1.54, 1.807) is 11.3 Å². The van der Waals surface area contributed by atoms with Crippen molar-refractivity contribution in [2.75, 3.05) is 39.6 Å². The molecule has 2 aromatic heterocycles. The van der Waals surface area contributed by atoms with E-state index < -0.39 is 11.6 Å². The standard InChI is InChI=1S/C33H43ClN4O6S/c1-21-22(2)45-32-29(21)30(24-9-11-25(34)12-10-24)35-27(31-37-36-23(3)38(31)32)20-26(39)8-7-14-41-16-18-43-19-17-42-15-13-28(40)44-33(4,5)6/h9-12,27H,7-8,13-20H2,1-6H3/t27-/m0/s1. The Morgan fingerprint density at radius 3 is 2.22 bits per heavy atom. The van der Waals surface area contributed by atoms with Crippen LogP contribution >= 0.6 is 22.9 Å². The first kappa shape index (κ1) is 34.9. The van der Waals surface area contributed by atoms with E-state index in [0.717, 1.165) is 33.2 Å². The highest BCUT2D eigenvalue weighted by Crippen LogP contribution is 2.39. The molecule has 244 valence electrons. The molecule has 0 radical (unpaired) electrons. The molecule has 3 heterocycles. The summed E-state index contributed by atoms with van der Waals surface area (Å²) in [4.78, 5) is 31.2. The summed E-state index contributed by atoms with van der Waals surface area (Å²) in [5.41, 5.74) is 3.48. The lowest BCUT2D eigenvalue weighted by Gasteiger charge is -2.19. The number of benzene rings is 1. The second kappa shape index (κ2) is 16.0. The lowest BCUT2D eigenvalue weighted by atomic mass is 9.99. The van der Waals surface area contributed by atoms with Gasteiger partial charge in [0.25, 0.3) is 0 Å². The number of Topliss-reactive ketones (excluding diaryl/α,β-unsaturated/α-hetero) is 1. The molecule has 0 amide bonds. The molecule has 0 unspecified atom stereocenters. The molecule has 10 nitrogen and oxygen atoms in total. The Bertz CT molecular complexity index is 1490. The van der Waals surface area contributed by atoms with Gasteiger partial charge in [0, 0.05) is 40.5 Å². The molecular weight excluding hydrogens is 616 g/mol. The summed E-state index contributed by atoms with van der Waals surface area (Å²) in [7, 11) is 0. The van der Waals surface area contributed by atoms with Gasteiger partial charge in [0.1, 0.15) is 28.3 Å². The lowest BCUT2D eigenvalue weighted by Crippen LogP contribution is -2.24. The average Bonchev–Trinajstić information content (AvgIpc) is 3.45. The zero-order valence-corrected chi connectivity index (χ0v) is 28.6. The molecule has 1 aliphatic rings. The molecule has 0 spiro atoms. The lowest BCUT2D eigenvalue weighted by molar-refractivity contribution is -0.156. The topological polar surface area (TPSA) is 114 Å². The summed E-state index contributed by atoms with van der Waals surface area (Å²) in [6, 6.07) is 7.19. The Hall–Kier alpha value is -2.96. The monoisotopic (exact) mass is 658 g/mol. The van der Waals surface area contributed by atoms with Gasteiger partial charge in [-0.3, -0.25) is 19.1 Å². The van der Waals surface area contributed by atoms with Crippen LogP contribution in [-0.4, -0.2) is 77.5 Å². The van der Waals surface area contributed by atoms with Gasteiger partial charge in [-0.2, -0.15) is 0 Å². The van der Waals surface area contributed by atoms with Crippen LogP contribution in [0, 0.1) is 20.8 Å². The van der Waals surface area contributed by atoms with Gasteiger partial charge in [0.2, 0.25) is 0 Å². The number of aromatic nitrogens is 3. The zero-order valence-electron chi connectivity index (χ0n) is 27.0. The Morgan fingerprint density at radius 2 is 1.56 bits per heavy atom. The number of hydrogen-bond acceptors (Lipinski definition) is 10. The fraction of sp³-hybridized carbons (Fsp3) is 0.545. The van der Waals surface area contributed by atoms with Gasteiger partial charge in [-0.1, -0.05) is 23.7 Å². The van der Waals surface area contributed by atoms with Crippen LogP contribution in [0.4, 0.5) is 0 Å². The maximum Gasteiger partial charge on any atom is 0.308 e. The van der Waals surface area contributed by atoms with Crippen LogP contribution in [0.1, 0.15) is 85.7 Å². The molecule has 12 heteroatoms. The zero-order chi connectivity index (χ0) is 32.6. The number of nitrogens with zero attached hydrogens (tertiary/aromatic N) is 4. The number of fused-ring (bicyclic) bond motifs is 3. The first-order valence-electron chi connectivity index (χ1n) is 15.3. The van der Waals surface area contributed by atoms with Crippen molar-refractivity contribution < 1.29 is 28.5 Å². The largest absolute Gasteiger partial charge is 0.460 e. The highest BCUT2D eigenvalue weighted by molar-refractivity contribution is 7.15. The average molecular weight is 659 g/mol. The van der Waals surface area contributed by atoms with Crippen LogP contribution in [0.25, 0.3) is 5.00 Å². The Kier molecular flexibility index (Phi) is 12.4. The summed E-state index contributed by atoms with van der Waals surface area (Å²) in [5, 5.41) is 10.5. The molecule has 0 fully saturated rings. The molecule has 3 aromatic rings. The molecule has 1 aromatic carbocycles. The number of ether oxygens (including phenoxy) is 4. The molecule has 0 saturated heterocycles. The van der Waals surface area contributed by atoms with Crippen molar-refractivity contribution in [3.8, 4) is 5.00 Å². The van der Waals surface area contributed by atoms with Crippen molar-refractivity contribution in [2.24, 2.45) is 4.99 Å². The second-order valence-corrected chi connectivity index (χ2v) is 13.6. The van der Waals surface area contributed by atoms with Crippen molar-refractivity contribution in [3.05, 3.63) is 62.5 Å². The first-order chi connectivity index (χ1) is 21.4. The third-order valence-corrected chi connectivity index (χ3v) is 8.58. The third kappa shape index (κ3) is 9.76. The van der Waals surface area contributed by atoms with Crippen LogP contribution in [0.5, 0.6) is 0 Å². The van der Waals surface area contributed by atoms with Crippen LogP contribution in [-0.2, 0) is 28.5 Å². The van der Waals surface area contributed by atoms with Gasteiger partial charge in [-0.15, -0.1) is 21.5 Å². The second-order valence-electron chi connectivity index (χ2n) is 11.9. The number of carbonyl (C=O) groups excluding carboxylic acids is 2. The Morgan fingerprint density at radius 1 is 0.911 bits per heavy atom. The normalized spacial score (nSPS) is 14.5. The van der Waals surface area contributed by atoms with E-state index >= 15 is 0 Å². The van der Waals surface area contributed by atoms with E-state index in [9.17, 15) is 9.59 Å². The predicted octanol–water partition coefficient (Wildman–Crippen LogP) is 6.32. The number of halogens is 1. The first-order valence-corrected chi connectivity index (χ1v) is 16.5. The molecule has 0 aliphatic carbocycles. The molecule has 4 rings (SSSR count). The van der Waals surface area contributed by atoms with E-state index in [1.807, 2.05) is 52.0 Å². The Balaban J connectivity index is 1.24. The van der Waals surface area contributed by atoms with Gasteiger partial charge in [0.05, 0.1) is 45.2 Å². The summed E-state index contributed by atoms with van der Waals surface area (Å²) in [6.45, 7) is 14.0. The smallest absolute Gasteiger partial charge is 0.308 e. The highest BCUT2D eigenvalue weighted by Gasteiger charge is 2.32. The van der Waals surface area contributed by atoms with Crippen LogP contribution < -0.4 is 0 Å². The quantitative estimate of drug-likeness (QED) is 0.130. The van der Waals surface area contributed by atoms with E-state index in [-0.39, 0.29) is 24.6 Å². The molecule has 1 atom stereocenters. The predicted molar refractivity (Wildman–Crippen MR) is 175 cm³/mol. The highest BCUT2D eigenvalue weighted by atomic mass is 35.5. The molecule has 0 saturated carbocycles. The van der Waals surface area contributed by atoms with Crippen molar-refractivity contribution in [2.45, 2.75) is 78.9 Å². The van der Waals surface area contributed by atoms with Crippen molar-refractivity contribution in [1.29, 1.82) is 0 Å². The molecule has 1 aliphatic heterocycles. The number of aliphatic imine (C=N–C) groups is 1. The summed E-state index contributed by atoms with van der Waals surface area (Å²) < 4.78 is 23.9. The van der Waals surface area contributed by atoms with E-state index in [0.29, 0.717) is 63.3 Å². The SMILES string of the molecule is Cc1sc2c(c1C)C(c1ccc(Cl)cc1)=N[C@@H](CC(=O)CCCOCCOCCOCCC(=O)OC(C)(C)C)c1nnc(C)n1-2.